The van der Waals surface area contributed by atoms with Gasteiger partial charge in [-0.15, -0.1) is 0 Å². The first-order valence-electron chi connectivity index (χ1n) is 6.25. The minimum Gasteiger partial charge on any atom is -0.454 e. The molecule has 4 heteroatoms. The number of pyridine rings is 1. The summed E-state index contributed by atoms with van der Waals surface area (Å²) in [5.74, 6) is 1.28. The Kier molecular flexibility index (Phi) is 4.40. The van der Waals surface area contributed by atoms with Crippen molar-refractivity contribution in [1.29, 1.82) is 0 Å². The van der Waals surface area contributed by atoms with E-state index >= 15 is 0 Å². The number of ether oxygens (including phenoxy) is 1. The molecule has 0 radical (unpaired) electrons. The van der Waals surface area contributed by atoms with Crippen molar-refractivity contribution in [3.05, 3.63) is 52.8 Å². The molecule has 3 nitrogen and oxygen atoms in total. The molecule has 0 spiro atoms. The van der Waals surface area contributed by atoms with E-state index in [0.717, 1.165) is 17.7 Å². The summed E-state index contributed by atoms with van der Waals surface area (Å²) in [7, 11) is 0. The normalized spacial score (nSPS) is 12.2. The molecule has 0 saturated carbocycles. The number of rotatable bonds is 4. The van der Waals surface area contributed by atoms with Crippen molar-refractivity contribution < 1.29 is 4.74 Å². The van der Waals surface area contributed by atoms with Crippen LogP contribution in [0.1, 0.15) is 30.6 Å². The lowest BCUT2D eigenvalue weighted by molar-refractivity contribution is 0.479. The third-order valence-corrected chi connectivity index (χ3v) is 3.19. The number of hydrogen-bond donors (Lipinski definition) is 1. The van der Waals surface area contributed by atoms with Crippen LogP contribution in [0.3, 0.4) is 0 Å². The van der Waals surface area contributed by atoms with Crippen molar-refractivity contribution in [1.82, 2.24) is 4.98 Å². The Hall–Kier alpha value is -1.58. The fraction of sp³-hybridized carbons (Fsp3) is 0.267. The molecule has 2 N–H and O–H groups in total. The zero-order chi connectivity index (χ0) is 13.8. The largest absolute Gasteiger partial charge is 0.454 e. The van der Waals surface area contributed by atoms with Crippen molar-refractivity contribution >= 4 is 11.6 Å². The second kappa shape index (κ2) is 6.04. The SMILES string of the molecule is CC[C@H](N)c1ccc(Oc2ccc(C)cc2Cl)cn1. The maximum atomic E-state index is 6.12. The van der Waals surface area contributed by atoms with E-state index in [-0.39, 0.29) is 6.04 Å². The molecule has 100 valence electrons. The monoisotopic (exact) mass is 276 g/mol. The molecule has 2 aromatic rings. The highest BCUT2D eigenvalue weighted by Gasteiger charge is 2.07. The van der Waals surface area contributed by atoms with Gasteiger partial charge < -0.3 is 10.5 Å². The summed E-state index contributed by atoms with van der Waals surface area (Å²) in [4.78, 5) is 4.30. The van der Waals surface area contributed by atoms with Crippen LogP contribution >= 0.6 is 11.6 Å². The van der Waals surface area contributed by atoms with Crippen molar-refractivity contribution in [2.75, 3.05) is 0 Å². The van der Waals surface area contributed by atoms with Gasteiger partial charge in [0.2, 0.25) is 0 Å². The van der Waals surface area contributed by atoms with Gasteiger partial charge in [0.1, 0.15) is 11.5 Å². The molecule has 1 atom stereocenters. The fourth-order valence-corrected chi connectivity index (χ4v) is 1.97. The van der Waals surface area contributed by atoms with Gasteiger partial charge in [-0.3, -0.25) is 4.98 Å². The van der Waals surface area contributed by atoms with Gasteiger partial charge in [-0.1, -0.05) is 24.6 Å². The molecule has 0 bridgehead atoms. The van der Waals surface area contributed by atoms with Gasteiger partial charge >= 0.3 is 0 Å². The highest BCUT2D eigenvalue weighted by molar-refractivity contribution is 6.32. The molecule has 1 aromatic heterocycles. The molecular weight excluding hydrogens is 260 g/mol. The molecule has 0 aliphatic heterocycles. The number of aromatic nitrogens is 1. The summed E-state index contributed by atoms with van der Waals surface area (Å²) in [6.45, 7) is 4.01. The summed E-state index contributed by atoms with van der Waals surface area (Å²) >= 11 is 6.12. The first kappa shape index (κ1) is 13.8. The third kappa shape index (κ3) is 3.46. The Morgan fingerprint density at radius 1 is 1.32 bits per heavy atom. The molecule has 1 heterocycles. The molecule has 0 aliphatic rings. The van der Waals surface area contributed by atoms with E-state index < -0.39 is 0 Å². The van der Waals surface area contributed by atoms with E-state index in [9.17, 15) is 0 Å². The minimum absolute atomic E-state index is 0.0305. The molecule has 0 aliphatic carbocycles. The lowest BCUT2D eigenvalue weighted by Gasteiger charge is -2.10. The summed E-state index contributed by atoms with van der Waals surface area (Å²) in [5, 5.41) is 0.592. The van der Waals surface area contributed by atoms with Crippen LogP contribution < -0.4 is 10.5 Å². The molecule has 1 aromatic carbocycles. The van der Waals surface area contributed by atoms with Crippen LogP contribution in [0.25, 0.3) is 0 Å². The first-order valence-corrected chi connectivity index (χ1v) is 6.63. The number of aryl methyl sites for hydroxylation is 1. The van der Waals surface area contributed by atoms with Crippen LogP contribution in [0, 0.1) is 6.92 Å². The quantitative estimate of drug-likeness (QED) is 0.908. The summed E-state index contributed by atoms with van der Waals surface area (Å²) in [5.41, 5.74) is 7.88. The average Bonchev–Trinajstić information content (AvgIpc) is 2.42. The molecule has 0 amide bonds. The number of nitrogens with zero attached hydrogens (tertiary/aromatic N) is 1. The Bertz CT molecular complexity index is 555. The van der Waals surface area contributed by atoms with Crippen molar-refractivity contribution in [2.45, 2.75) is 26.3 Å². The molecule has 2 rings (SSSR count). The van der Waals surface area contributed by atoms with E-state index in [0.29, 0.717) is 16.5 Å². The van der Waals surface area contributed by atoms with Gasteiger partial charge in [-0.25, -0.2) is 0 Å². The van der Waals surface area contributed by atoms with Crippen molar-refractivity contribution in [2.24, 2.45) is 5.73 Å². The van der Waals surface area contributed by atoms with E-state index in [1.165, 1.54) is 0 Å². The van der Waals surface area contributed by atoms with E-state index in [4.69, 9.17) is 22.1 Å². The van der Waals surface area contributed by atoms with Crippen molar-refractivity contribution in [3.8, 4) is 11.5 Å². The highest BCUT2D eigenvalue weighted by Crippen LogP contribution is 2.29. The Labute approximate surface area is 118 Å². The summed E-state index contributed by atoms with van der Waals surface area (Å²) in [6, 6.07) is 9.38. The maximum Gasteiger partial charge on any atom is 0.146 e. The molecule has 0 saturated heterocycles. The van der Waals surface area contributed by atoms with Crippen LogP contribution in [-0.4, -0.2) is 4.98 Å². The van der Waals surface area contributed by atoms with Gasteiger partial charge in [0.25, 0.3) is 0 Å². The van der Waals surface area contributed by atoms with Gasteiger partial charge in [0, 0.05) is 6.04 Å². The Balaban J connectivity index is 2.15. The molecular formula is C15H17ClN2O. The number of nitrogens with two attached hydrogens (primary N) is 1. The van der Waals surface area contributed by atoms with Gasteiger partial charge in [0.15, 0.2) is 0 Å². The zero-order valence-corrected chi connectivity index (χ0v) is 11.8. The Morgan fingerprint density at radius 2 is 2.11 bits per heavy atom. The van der Waals surface area contributed by atoms with Gasteiger partial charge in [0.05, 0.1) is 16.9 Å². The fourth-order valence-electron chi connectivity index (χ4n) is 1.70. The highest BCUT2D eigenvalue weighted by atomic mass is 35.5. The lowest BCUT2D eigenvalue weighted by atomic mass is 10.1. The number of halogens is 1. The molecule has 0 fully saturated rings. The molecule has 19 heavy (non-hydrogen) atoms. The van der Waals surface area contributed by atoms with Crippen LogP contribution in [-0.2, 0) is 0 Å². The maximum absolute atomic E-state index is 6.12. The molecule has 0 unspecified atom stereocenters. The van der Waals surface area contributed by atoms with Crippen LogP contribution in [0.4, 0.5) is 0 Å². The number of hydrogen-bond acceptors (Lipinski definition) is 3. The van der Waals surface area contributed by atoms with Crippen molar-refractivity contribution in [3.63, 3.8) is 0 Å². The van der Waals surface area contributed by atoms with E-state index in [1.807, 2.05) is 44.2 Å². The second-order valence-electron chi connectivity index (χ2n) is 4.47. The predicted molar refractivity (Wildman–Crippen MR) is 77.7 cm³/mol. The topological polar surface area (TPSA) is 48.1 Å². The van der Waals surface area contributed by atoms with Crippen LogP contribution in [0.5, 0.6) is 11.5 Å². The van der Waals surface area contributed by atoms with E-state index in [1.54, 1.807) is 6.20 Å². The lowest BCUT2D eigenvalue weighted by Crippen LogP contribution is -2.10. The summed E-state index contributed by atoms with van der Waals surface area (Å²) in [6.07, 6.45) is 2.53. The van der Waals surface area contributed by atoms with Crippen LogP contribution in [0.2, 0.25) is 5.02 Å². The van der Waals surface area contributed by atoms with Gasteiger partial charge in [-0.05, 0) is 43.2 Å². The average molecular weight is 277 g/mol. The predicted octanol–water partition coefficient (Wildman–Crippen LogP) is 4.25. The third-order valence-electron chi connectivity index (χ3n) is 2.89. The second-order valence-corrected chi connectivity index (χ2v) is 4.88. The Morgan fingerprint density at radius 3 is 2.68 bits per heavy atom. The minimum atomic E-state index is -0.0305. The van der Waals surface area contributed by atoms with Crippen LogP contribution in [0.15, 0.2) is 36.5 Å². The zero-order valence-electron chi connectivity index (χ0n) is 11.1. The first-order chi connectivity index (χ1) is 9.10. The summed E-state index contributed by atoms with van der Waals surface area (Å²) < 4.78 is 5.70. The van der Waals surface area contributed by atoms with E-state index in [2.05, 4.69) is 4.98 Å². The smallest absolute Gasteiger partial charge is 0.146 e. The van der Waals surface area contributed by atoms with Gasteiger partial charge in [-0.2, -0.15) is 0 Å². The standard InChI is InChI=1S/C15H17ClN2O/c1-3-13(17)14-6-5-11(9-18-14)19-15-7-4-10(2)8-12(15)16/h4-9,13H,3,17H2,1-2H3/t13-/m0/s1. The number of benzene rings is 1.